The summed E-state index contributed by atoms with van der Waals surface area (Å²) in [6.07, 6.45) is 2.25. The van der Waals surface area contributed by atoms with Crippen LogP contribution in [-0.4, -0.2) is 66.5 Å². The molecule has 2 heterocycles. The van der Waals surface area contributed by atoms with Crippen LogP contribution in [0.3, 0.4) is 0 Å². The van der Waals surface area contributed by atoms with Crippen LogP contribution in [0, 0.1) is 5.82 Å². The van der Waals surface area contributed by atoms with Crippen LogP contribution < -0.4 is 9.64 Å². The zero-order chi connectivity index (χ0) is 22.7. The van der Waals surface area contributed by atoms with E-state index in [2.05, 4.69) is 18.7 Å². The summed E-state index contributed by atoms with van der Waals surface area (Å²) in [5.74, 6) is 0.0249. The summed E-state index contributed by atoms with van der Waals surface area (Å²) in [5, 5.41) is 0. The van der Waals surface area contributed by atoms with Crippen molar-refractivity contribution < 1.29 is 18.7 Å². The molecule has 0 atom stereocenters. The van der Waals surface area contributed by atoms with Crippen LogP contribution in [0.15, 0.2) is 48.5 Å². The van der Waals surface area contributed by atoms with Gasteiger partial charge in [0.1, 0.15) is 24.2 Å². The quantitative estimate of drug-likeness (QED) is 0.656. The number of piperazine rings is 1. The number of carbonyl (C=O) groups excluding carboxylic acids is 2. The molecule has 0 spiro atoms. The lowest BCUT2D eigenvalue weighted by molar-refractivity contribution is -0.120. The Morgan fingerprint density at radius 1 is 0.970 bits per heavy atom. The Morgan fingerprint density at radius 3 is 2.18 bits per heavy atom. The van der Waals surface area contributed by atoms with Crippen molar-refractivity contribution in [2.24, 2.45) is 0 Å². The molecular formula is C25H31ClFN3O3. The molecule has 2 aliphatic heterocycles. The average molecular weight is 476 g/mol. The summed E-state index contributed by atoms with van der Waals surface area (Å²) in [6.45, 7) is 7.39. The summed E-state index contributed by atoms with van der Waals surface area (Å²) in [5.41, 5.74) is 1.18. The van der Waals surface area contributed by atoms with Gasteiger partial charge >= 0.3 is 0 Å². The SMILES string of the molecule is CC(C)N1CCC(Oc2ccc(N3CCN(C(=O)c4ccc(F)cc4)CC3=O)cc2)CC1.Cl. The summed E-state index contributed by atoms with van der Waals surface area (Å²) < 4.78 is 19.2. The molecule has 33 heavy (non-hydrogen) atoms. The van der Waals surface area contributed by atoms with Crippen LogP contribution in [0.1, 0.15) is 37.0 Å². The van der Waals surface area contributed by atoms with E-state index in [4.69, 9.17) is 4.74 Å². The van der Waals surface area contributed by atoms with E-state index in [-0.39, 0.29) is 36.9 Å². The minimum atomic E-state index is -0.393. The van der Waals surface area contributed by atoms with Gasteiger partial charge < -0.3 is 19.4 Å². The molecule has 0 saturated carbocycles. The minimum absolute atomic E-state index is 0. The monoisotopic (exact) mass is 475 g/mol. The van der Waals surface area contributed by atoms with Crippen molar-refractivity contribution in [1.82, 2.24) is 9.80 Å². The molecule has 8 heteroatoms. The zero-order valence-corrected chi connectivity index (χ0v) is 19.9. The van der Waals surface area contributed by atoms with E-state index < -0.39 is 5.82 Å². The van der Waals surface area contributed by atoms with Crippen molar-refractivity contribution in [3.63, 3.8) is 0 Å². The number of rotatable bonds is 5. The maximum Gasteiger partial charge on any atom is 0.254 e. The van der Waals surface area contributed by atoms with Crippen molar-refractivity contribution in [3.05, 3.63) is 59.9 Å². The Bertz CT molecular complexity index is 944. The van der Waals surface area contributed by atoms with Crippen LogP contribution in [0.5, 0.6) is 5.75 Å². The summed E-state index contributed by atoms with van der Waals surface area (Å²) in [7, 11) is 0. The highest BCUT2D eigenvalue weighted by Crippen LogP contribution is 2.25. The Labute approximate surface area is 200 Å². The standard InChI is InChI=1S/C25H30FN3O3.ClH/c1-18(2)27-13-11-23(12-14-27)32-22-9-7-21(8-10-22)29-16-15-28(17-24(29)30)25(31)19-3-5-20(26)6-4-19;/h3-10,18,23H,11-17H2,1-2H3;1H. The van der Waals surface area contributed by atoms with E-state index in [9.17, 15) is 14.0 Å². The number of amides is 2. The fraction of sp³-hybridized carbons (Fsp3) is 0.440. The first kappa shape index (κ1) is 25.0. The molecule has 0 bridgehead atoms. The molecule has 0 N–H and O–H groups in total. The maximum absolute atomic E-state index is 13.1. The number of carbonyl (C=O) groups is 2. The lowest BCUT2D eigenvalue weighted by Crippen LogP contribution is -2.52. The van der Waals surface area contributed by atoms with E-state index in [1.165, 1.54) is 29.2 Å². The van der Waals surface area contributed by atoms with E-state index in [1.807, 2.05) is 24.3 Å². The maximum atomic E-state index is 13.1. The number of nitrogens with zero attached hydrogens (tertiary/aromatic N) is 3. The normalized spacial score (nSPS) is 17.8. The van der Waals surface area contributed by atoms with Gasteiger partial charge in [0.25, 0.3) is 5.91 Å². The number of piperidine rings is 1. The highest BCUT2D eigenvalue weighted by molar-refractivity contribution is 6.01. The lowest BCUT2D eigenvalue weighted by atomic mass is 10.1. The fourth-order valence-electron chi connectivity index (χ4n) is 4.30. The number of halogens is 2. The largest absolute Gasteiger partial charge is 0.490 e. The summed E-state index contributed by atoms with van der Waals surface area (Å²) in [4.78, 5) is 31.0. The first-order valence-electron chi connectivity index (χ1n) is 11.3. The van der Waals surface area contributed by atoms with E-state index in [0.717, 1.165) is 37.4 Å². The van der Waals surface area contributed by atoms with Crippen LogP contribution in [0.4, 0.5) is 10.1 Å². The average Bonchev–Trinajstić information content (AvgIpc) is 2.80. The Morgan fingerprint density at radius 2 is 1.61 bits per heavy atom. The van der Waals surface area contributed by atoms with Crippen LogP contribution in [0.2, 0.25) is 0 Å². The number of ether oxygens (including phenoxy) is 1. The van der Waals surface area contributed by atoms with Crippen molar-refractivity contribution in [2.45, 2.75) is 38.8 Å². The molecule has 0 unspecified atom stereocenters. The van der Waals surface area contributed by atoms with E-state index in [0.29, 0.717) is 24.7 Å². The second kappa shape index (κ2) is 11.0. The first-order valence-corrected chi connectivity index (χ1v) is 11.3. The Kier molecular flexibility index (Phi) is 8.32. The molecule has 2 saturated heterocycles. The summed E-state index contributed by atoms with van der Waals surface area (Å²) in [6, 6.07) is 13.6. The van der Waals surface area contributed by atoms with Crippen molar-refractivity contribution >= 4 is 29.9 Å². The number of hydrogen-bond donors (Lipinski definition) is 0. The van der Waals surface area contributed by atoms with Crippen molar-refractivity contribution in [3.8, 4) is 5.75 Å². The van der Waals surface area contributed by atoms with Crippen LogP contribution in [-0.2, 0) is 4.79 Å². The molecule has 2 aliphatic rings. The predicted molar refractivity (Wildman–Crippen MR) is 129 cm³/mol. The van der Waals surface area contributed by atoms with Gasteiger partial charge in [-0.2, -0.15) is 0 Å². The van der Waals surface area contributed by atoms with Gasteiger partial charge in [-0.25, -0.2) is 4.39 Å². The van der Waals surface area contributed by atoms with Crippen LogP contribution >= 0.6 is 12.4 Å². The third-order valence-corrected chi connectivity index (χ3v) is 6.26. The van der Waals surface area contributed by atoms with Crippen LogP contribution in [0.25, 0.3) is 0 Å². The molecule has 2 amide bonds. The molecule has 6 nitrogen and oxygen atoms in total. The number of hydrogen-bond acceptors (Lipinski definition) is 4. The van der Waals surface area contributed by atoms with Gasteiger partial charge in [0.2, 0.25) is 5.91 Å². The molecule has 4 rings (SSSR count). The molecule has 178 valence electrons. The van der Waals surface area contributed by atoms with Gasteiger partial charge in [-0.1, -0.05) is 0 Å². The highest BCUT2D eigenvalue weighted by atomic mass is 35.5. The topological polar surface area (TPSA) is 53.1 Å². The Balaban J connectivity index is 0.00000306. The van der Waals surface area contributed by atoms with Gasteiger partial charge in [-0.05, 0) is 75.2 Å². The molecule has 0 aliphatic carbocycles. The molecule has 2 fully saturated rings. The second-order valence-corrected chi connectivity index (χ2v) is 8.72. The highest BCUT2D eigenvalue weighted by Gasteiger charge is 2.29. The van der Waals surface area contributed by atoms with Crippen molar-refractivity contribution in [1.29, 1.82) is 0 Å². The number of likely N-dealkylation sites (tertiary alicyclic amines) is 1. The zero-order valence-electron chi connectivity index (χ0n) is 19.1. The van der Waals surface area contributed by atoms with E-state index in [1.54, 1.807) is 4.90 Å². The smallest absolute Gasteiger partial charge is 0.254 e. The molecule has 2 aromatic carbocycles. The van der Waals surface area contributed by atoms with Crippen molar-refractivity contribution in [2.75, 3.05) is 37.6 Å². The second-order valence-electron chi connectivity index (χ2n) is 8.72. The van der Waals surface area contributed by atoms with E-state index >= 15 is 0 Å². The Hall–Kier alpha value is -2.64. The lowest BCUT2D eigenvalue weighted by Gasteiger charge is -2.35. The van der Waals surface area contributed by atoms with Gasteiger partial charge in [0.15, 0.2) is 0 Å². The predicted octanol–water partition coefficient (Wildman–Crippen LogP) is 3.99. The third kappa shape index (κ3) is 6.03. The molecule has 0 aromatic heterocycles. The molecular weight excluding hydrogens is 445 g/mol. The van der Waals surface area contributed by atoms with Gasteiger partial charge in [-0.15, -0.1) is 12.4 Å². The third-order valence-electron chi connectivity index (χ3n) is 6.26. The summed E-state index contributed by atoms with van der Waals surface area (Å²) >= 11 is 0. The molecule has 0 radical (unpaired) electrons. The number of benzene rings is 2. The number of anilines is 1. The van der Waals surface area contributed by atoms with Gasteiger partial charge in [-0.3, -0.25) is 9.59 Å². The van der Waals surface area contributed by atoms with Gasteiger partial charge in [0, 0.05) is 43.5 Å². The minimum Gasteiger partial charge on any atom is -0.490 e. The van der Waals surface area contributed by atoms with Gasteiger partial charge in [0.05, 0.1) is 0 Å². The molecule has 2 aromatic rings. The first-order chi connectivity index (χ1) is 15.4. The fourth-order valence-corrected chi connectivity index (χ4v) is 4.30.